The van der Waals surface area contributed by atoms with Crippen LogP contribution in [0, 0.1) is 0 Å². The summed E-state index contributed by atoms with van der Waals surface area (Å²) in [4.78, 5) is 39.8. The van der Waals surface area contributed by atoms with E-state index in [9.17, 15) is 14.4 Å². The molecule has 3 rings (SSSR count). The van der Waals surface area contributed by atoms with Crippen molar-refractivity contribution >= 4 is 16.8 Å². The molecule has 7 nitrogen and oxygen atoms in total. The minimum atomic E-state index is -0.497. The molecule has 2 heterocycles. The fourth-order valence-electron chi connectivity index (χ4n) is 3.37. The second-order valence-corrected chi connectivity index (χ2v) is 6.49. The van der Waals surface area contributed by atoms with Crippen LogP contribution in [0.15, 0.2) is 46.5 Å². The minimum Gasteiger partial charge on any atom is -0.353 e. The topological polar surface area (TPSA) is 76.3 Å². The number of benzene rings is 1. The molecule has 1 aliphatic rings. The molecule has 0 spiro atoms. The summed E-state index contributed by atoms with van der Waals surface area (Å²) in [7, 11) is 0. The first-order valence-electron chi connectivity index (χ1n) is 8.94. The van der Waals surface area contributed by atoms with Crippen LogP contribution >= 0.6 is 0 Å². The Balaban J connectivity index is 1.81. The Kier molecular flexibility index (Phi) is 5.68. The van der Waals surface area contributed by atoms with Gasteiger partial charge in [-0.3, -0.25) is 18.7 Å². The Morgan fingerprint density at radius 3 is 2.62 bits per heavy atom. The van der Waals surface area contributed by atoms with Gasteiger partial charge in [-0.25, -0.2) is 4.79 Å². The summed E-state index contributed by atoms with van der Waals surface area (Å²) in [6.45, 7) is 7.11. The monoisotopic (exact) mass is 356 g/mol. The molecule has 138 valence electrons. The van der Waals surface area contributed by atoms with Gasteiger partial charge in [0.1, 0.15) is 6.54 Å². The van der Waals surface area contributed by atoms with Gasteiger partial charge in [-0.1, -0.05) is 18.2 Å². The molecule has 0 atom stereocenters. The molecule has 0 radical (unpaired) electrons. The second-order valence-electron chi connectivity index (χ2n) is 6.49. The number of hydrogen-bond acceptors (Lipinski definition) is 4. The highest BCUT2D eigenvalue weighted by atomic mass is 16.2. The number of rotatable bonds is 7. The first kappa shape index (κ1) is 18.1. The van der Waals surface area contributed by atoms with Crippen LogP contribution in [0.3, 0.4) is 0 Å². The molecule has 1 fully saturated rings. The third-order valence-corrected chi connectivity index (χ3v) is 4.69. The summed E-state index contributed by atoms with van der Waals surface area (Å²) in [5, 5.41) is 3.28. The van der Waals surface area contributed by atoms with Gasteiger partial charge in [0.15, 0.2) is 0 Å². The standard InChI is InChI=1S/C19H24N4O3/c1-2-10-22-18(25)15-7-3-4-8-16(15)23(19(22)26)14-17(24)20-9-13-21-11-5-6-12-21/h2-4,7-8H,1,5-6,9-14H2,(H,20,24). The van der Waals surface area contributed by atoms with Crippen LogP contribution in [0.1, 0.15) is 12.8 Å². The van der Waals surface area contributed by atoms with E-state index in [4.69, 9.17) is 0 Å². The Morgan fingerprint density at radius 1 is 1.15 bits per heavy atom. The number of fused-ring (bicyclic) bond motifs is 1. The van der Waals surface area contributed by atoms with E-state index in [1.807, 2.05) is 0 Å². The molecule has 0 saturated carbocycles. The van der Waals surface area contributed by atoms with E-state index in [-0.39, 0.29) is 24.6 Å². The molecule has 7 heteroatoms. The Bertz CT molecular complexity index is 923. The van der Waals surface area contributed by atoms with Crippen LogP contribution in [0.4, 0.5) is 0 Å². The van der Waals surface area contributed by atoms with Crippen LogP contribution in [0.25, 0.3) is 10.9 Å². The van der Waals surface area contributed by atoms with Crippen LogP contribution in [0.5, 0.6) is 0 Å². The lowest BCUT2D eigenvalue weighted by Crippen LogP contribution is -2.43. The highest BCUT2D eigenvalue weighted by Gasteiger charge is 2.15. The summed E-state index contributed by atoms with van der Waals surface area (Å²) in [6, 6.07) is 6.85. The van der Waals surface area contributed by atoms with Crippen molar-refractivity contribution in [2.75, 3.05) is 26.2 Å². The van der Waals surface area contributed by atoms with Crippen LogP contribution in [-0.2, 0) is 17.9 Å². The normalized spacial score (nSPS) is 14.6. The van der Waals surface area contributed by atoms with Gasteiger partial charge < -0.3 is 10.2 Å². The van der Waals surface area contributed by atoms with Gasteiger partial charge in [-0.2, -0.15) is 0 Å². The van der Waals surface area contributed by atoms with Gasteiger partial charge in [0, 0.05) is 19.6 Å². The molecule has 1 aromatic carbocycles. The molecular formula is C19H24N4O3. The number of para-hydroxylation sites is 1. The first-order valence-corrected chi connectivity index (χ1v) is 8.94. The summed E-state index contributed by atoms with van der Waals surface area (Å²) < 4.78 is 2.46. The van der Waals surface area contributed by atoms with Crippen molar-refractivity contribution in [2.24, 2.45) is 0 Å². The van der Waals surface area contributed by atoms with Crippen molar-refractivity contribution in [1.82, 2.24) is 19.4 Å². The van der Waals surface area contributed by atoms with E-state index in [0.29, 0.717) is 17.4 Å². The van der Waals surface area contributed by atoms with Crippen molar-refractivity contribution in [3.63, 3.8) is 0 Å². The molecule has 2 aromatic rings. The highest BCUT2D eigenvalue weighted by Crippen LogP contribution is 2.08. The van der Waals surface area contributed by atoms with Gasteiger partial charge in [-0.15, -0.1) is 6.58 Å². The van der Waals surface area contributed by atoms with E-state index < -0.39 is 5.69 Å². The van der Waals surface area contributed by atoms with Gasteiger partial charge in [-0.05, 0) is 38.1 Å². The molecular weight excluding hydrogens is 332 g/mol. The maximum atomic E-state index is 12.7. The summed E-state index contributed by atoms with van der Waals surface area (Å²) in [6.07, 6.45) is 3.92. The fourth-order valence-corrected chi connectivity index (χ4v) is 3.37. The van der Waals surface area contributed by atoms with E-state index in [1.54, 1.807) is 24.3 Å². The number of carbonyl (C=O) groups is 1. The Labute approximate surface area is 151 Å². The lowest BCUT2D eigenvalue weighted by atomic mass is 10.2. The minimum absolute atomic E-state index is 0.110. The lowest BCUT2D eigenvalue weighted by Gasteiger charge is -2.16. The summed E-state index contributed by atoms with van der Waals surface area (Å²) >= 11 is 0. The van der Waals surface area contributed by atoms with Crippen molar-refractivity contribution < 1.29 is 4.79 Å². The molecule has 0 bridgehead atoms. The van der Waals surface area contributed by atoms with Crippen LogP contribution < -0.4 is 16.6 Å². The first-order chi connectivity index (χ1) is 12.6. The zero-order valence-electron chi connectivity index (χ0n) is 14.8. The number of nitrogens with one attached hydrogen (secondary N) is 1. The fraction of sp³-hybridized carbons (Fsp3) is 0.421. The third kappa shape index (κ3) is 3.77. The smallest absolute Gasteiger partial charge is 0.332 e. The number of aromatic nitrogens is 2. The number of likely N-dealkylation sites (tertiary alicyclic amines) is 1. The average Bonchev–Trinajstić information content (AvgIpc) is 3.16. The lowest BCUT2D eigenvalue weighted by molar-refractivity contribution is -0.121. The van der Waals surface area contributed by atoms with Gasteiger partial charge in [0.2, 0.25) is 5.91 Å². The van der Waals surface area contributed by atoms with E-state index in [1.165, 1.54) is 23.5 Å². The maximum absolute atomic E-state index is 12.7. The maximum Gasteiger partial charge on any atom is 0.332 e. The zero-order valence-corrected chi connectivity index (χ0v) is 14.8. The molecule has 26 heavy (non-hydrogen) atoms. The van der Waals surface area contributed by atoms with E-state index >= 15 is 0 Å². The van der Waals surface area contributed by atoms with Gasteiger partial charge >= 0.3 is 5.69 Å². The summed E-state index contributed by atoms with van der Waals surface area (Å²) in [5.41, 5.74) is -0.392. The second kappa shape index (κ2) is 8.14. The van der Waals surface area contributed by atoms with Crippen LogP contribution in [-0.4, -0.2) is 46.1 Å². The molecule has 1 saturated heterocycles. The number of allylic oxidation sites excluding steroid dienone is 1. The largest absolute Gasteiger partial charge is 0.353 e. The van der Waals surface area contributed by atoms with Crippen molar-refractivity contribution in [3.8, 4) is 0 Å². The van der Waals surface area contributed by atoms with Crippen molar-refractivity contribution in [3.05, 3.63) is 57.8 Å². The Hall–Kier alpha value is -2.67. The predicted octanol–water partition coefficient (Wildman–Crippen LogP) is 0.561. The van der Waals surface area contributed by atoms with Crippen molar-refractivity contribution in [1.29, 1.82) is 0 Å². The SMILES string of the molecule is C=CCn1c(=O)c2ccccc2n(CC(=O)NCCN2CCCC2)c1=O. The van der Waals surface area contributed by atoms with E-state index in [0.717, 1.165) is 24.2 Å². The van der Waals surface area contributed by atoms with Gasteiger partial charge in [0.25, 0.3) is 5.56 Å². The van der Waals surface area contributed by atoms with E-state index in [2.05, 4.69) is 16.8 Å². The quantitative estimate of drug-likeness (QED) is 0.736. The predicted molar refractivity (Wildman–Crippen MR) is 101 cm³/mol. The molecule has 0 aliphatic carbocycles. The third-order valence-electron chi connectivity index (χ3n) is 4.69. The van der Waals surface area contributed by atoms with Crippen molar-refractivity contribution in [2.45, 2.75) is 25.9 Å². The highest BCUT2D eigenvalue weighted by molar-refractivity contribution is 5.81. The summed E-state index contributed by atoms with van der Waals surface area (Å²) in [5.74, 6) is -0.236. The van der Waals surface area contributed by atoms with Gasteiger partial charge in [0.05, 0.1) is 10.9 Å². The molecule has 1 amide bonds. The number of nitrogens with zero attached hydrogens (tertiary/aromatic N) is 3. The Morgan fingerprint density at radius 2 is 1.88 bits per heavy atom. The number of hydrogen-bond donors (Lipinski definition) is 1. The molecule has 1 N–H and O–H groups in total. The number of carbonyl (C=O) groups excluding carboxylic acids is 1. The average molecular weight is 356 g/mol. The molecule has 1 aromatic heterocycles. The zero-order chi connectivity index (χ0) is 18.5. The molecule has 1 aliphatic heterocycles. The molecule has 0 unspecified atom stereocenters. The van der Waals surface area contributed by atoms with Crippen LogP contribution in [0.2, 0.25) is 0 Å². The number of amides is 1.